The van der Waals surface area contributed by atoms with Gasteiger partial charge < -0.3 is 16.2 Å². The standard InChI is InChI=1S/C12H16N2O3/c1-8(6-11(13)16)12(17)14-10-4-2-9(7-15)3-5-10/h2-5,8,15H,6-7H2,1H3,(H2,13,16)(H,14,17)/t8-/m0/s1. The summed E-state index contributed by atoms with van der Waals surface area (Å²) in [6, 6.07) is 6.82. The van der Waals surface area contributed by atoms with Gasteiger partial charge in [0.15, 0.2) is 0 Å². The summed E-state index contributed by atoms with van der Waals surface area (Å²) in [6.07, 6.45) is 0.0283. The van der Waals surface area contributed by atoms with Gasteiger partial charge in [-0.3, -0.25) is 9.59 Å². The second-order valence-corrected chi connectivity index (χ2v) is 3.92. The Labute approximate surface area is 99.6 Å². The smallest absolute Gasteiger partial charge is 0.227 e. The molecule has 0 aliphatic carbocycles. The van der Waals surface area contributed by atoms with Crippen molar-refractivity contribution >= 4 is 17.5 Å². The molecule has 1 rings (SSSR count). The molecule has 0 aliphatic heterocycles. The third kappa shape index (κ3) is 4.24. The van der Waals surface area contributed by atoms with Crippen molar-refractivity contribution in [3.8, 4) is 0 Å². The Bertz CT molecular complexity index is 401. The van der Waals surface area contributed by atoms with Gasteiger partial charge in [0.2, 0.25) is 11.8 Å². The summed E-state index contributed by atoms with van der Waals surface area (Å²) < 4.78 is 0. The van der Waals surface area contributed by atoms with Crippen molar-refractivity contribution in [2.75, 3.05) is 5.32 Å². The molecular weight excluding hydrogens is 220 g/mol. The fourth-order valence-corrected chi connectivity index (χ4v) is 1.35. The van der Waals surface area contributed by atoms with Crippen LogP contribution in [0.3, 0.4) is 0 Å². The molecule has 0 aliphatic rings. The number of carbonyl (C=O) groups excluding carboxylic acids is 2. The van der Waals surface area contributed by atoms with Crippen molar-refractivity contribution in [3.63, 3.8) is 0 Å². The van der Waals surface area contributed by atoms with Crippen LogP contribution in [0.4, 0.5) is 5.69 Å². The van der Waals surface area contributed by atoms with Crippen LogP contribution in [0.1, 0.15) is 18.9 Å². The topological polar surface area (TPSA) is 92.4 Å². The highest BCUT2D eigenvalue weighted by Crippen LogP contribution is 2.12. The van der Waals surface area contributed by atoms with Gasteiger partial charge in [0, 0.05) is 18.0 Å². The van der Waals surface area contributed by atoms with Crippen LogP contribution in [-0.2, 0) is 16.2 Å². The third-order valence-corrected chi connectivity index (χ3v) is 2.36. The number of amides is 2. The van der Waals surface area contributed by atoms with Gasteiger partial charge in [0.1, 0.15) is 0 Å². The number of hydrogen-bond acceptors (Lipinski definition) is 3. The number of carbonyl (C=O) groups is 2. The van der Waals surface area contributed by atoms with Crippen molar-refractivity contribution in [2.24, 2.45) is 11.7 Å². The number of nitrogens with one attached hydrogen (secondary N) is 1. The lowest BCUT2D eigenvalue weighted by Crippen LogP contribution is -2.25. The number of nitrogens with two attached hydrogens (primary N) is 1. The molecule has 92 valence electrons. The number of aliphatic hydroxyl groups excluding tert-OH is 1. The molecule has 1 aromatic rings. The van der Waals surface area contributed by atoms with E-state index in [9.17, 15) is 9.59 Å². The summed E-state index contributed by atoms with van der Waals surface area (Å²) in [5.41, 5.74) is 6.42. The highest BCUT2D eigenvalue weighted by Gasteiger charge is 2.15. The summed E-state index contributed by atoms with van der Waals surface area (Å²) >= 11 is 0. The quantitative estimate of drug-likeness (QED) is 0.700. The summed E-state index contributed by atoms with van der Waals surface area (Å²) in [5.74, 6) is -1.20. The summed E-state index contributed by atoms with van der Waals surface area (Å²) in [5, 5.41) is 11.5. The molecule has 0 bridgehead atoms. The largest absolute Gasteiger partial charge is 0.392 e. The number of rotatable bonds is 5. The van der Waals surface area contributed by atoms with Crippen LogP contribution in [0.2, 0.25) is 0 Å². The maximum absolute atomic E-state index is 11.6. The molecule has 0 fully saturated rings. The molecule has 0 heterocycles. The predicted molar refractivity (Wildman–Crippen MR) is 64.0 cm³/mol. The second-order valence-electron chi connectivity index (χ2n) is 3.92. The Hall–Kier alpha value is -1.88. The lowest BCUT2D eigenvalue weighted by atomic mass is 10.1. The van der Waals surface area contributed by atoms with Crippen LogP contribution in [0.5, 0.6) is 0 Å². The molecule has 5 nitrogen and oxygen atoms in total. The van der Waals surface area contributed by atoms with E-state index in [1.165, 1.54) is 0 Å². The molecule has 17 heavy (non-hydrogen) atoms. The maximum atomic E-state index is 11.6. The van der Waals surface area contributed by atoms with E-state index in [0.29, 0.717) is 5.69 Å². The first kappa shape index (κ1) is 13.2. The monoisotopic (exact) mass is 236 g/mol. The summed E-state index contributed by atoms with van der Waals surface area (Å²) in [7, 11) is 0. The Morgan fingerprint density at radius 1 is 1.35 bits per heavy atom. The van der Waals surface area contributed by atoms with Gasteiger partial charge in [-0.05, 0) is 17.7 Å². The Morgan fingerprint density at radius 2 is 1.94 bits per heavy atom. The minimum Gasteiger partial charge on any atom is -0.392 e. The molecule has 1 atom stereocenters. The van der Waals surface area contributed by atoms with Gasteiger partial charge in [-0.25, -0.2) is 0 Å². The first-order valence-corrected chi connectivity index (χ1v) is 5.32. The molecule has 4 N–H and O–H groups in total. The van der Waals surface area contributed by atoms with E-state index in [1.807, 2.05) is 0 Å². The number of primary amides is 1. The first-order valence-electron chi connectivity index (χ1n) is 5.32. The average molecular weight is 236 g/mol. The fourth-order valence-electron chi connectivity index (χ4n) is 1.35. The number of anilines is 1. The van der Waals surface area contributed by atoms with Crippen molar-refractivity contribution in [1.29, 1.82) is 0 Å². The van der Waals surface area contributed by atoms with E-state index in [2.05, 4.69) is 5.32 Å². The Balaban J connectivity index is 2.58. The summed E-state index contributed by atoms with van der Waals surface area (Å²) in [4.78, 5) is 22.3. The molecule has 0 saturated carbocycles. The molecule has 0 unspecified atom stereocenters. The van der Waals surface area contributed by atoms with Crippen molar-refractivity contribution in [2.45, 2.75) is 20.0 Å². The zero-order valence-corrected chi connectivity index (χ0v) is 9.64. The van der Waals surface area contributed by atoms with Crippen LogP contribution in [-0.4, -0.2) is 16.9 Å². The molecular formula is C12H16N2O3. The van der Waals surface area contributed by atoms with Crippen molar-refractivity contribution in [3.05, 3.63) is 29.8 Å². The van der Waals surface area contributed by atoms with E-state index in [0.717, 1.165) is 5.56 Å². The van der Waals surface area contributed by atoms with Crippen LogP contribution in [0.15, 0.2) is 24.3 Å². The van der Waals surface area contributed by atoms with Crippen LogP contribution in [0, 0.1) is 5.92 Å². The van der Waals surface area contributed by atoms with Crippen molar-refractivity contribution in [1.82, 2.24) is 0 Å². The number of benzene rings is 1. The molecule has 0 radical (unpaired) electrons. The molecule has 0 spiro atoms. The van der Waals surface area contributed by atoms with Gasteiger partial charge in [0.25, 0.3) is 0 Å². The van der Waals surface area contributed by atoms with Gasteiger partial charge in [-0.1, -0.05) is 19.1 Å². The van der Waals surface area contributed by atoms with E-state index < -0.39 is 11.8 Å². The highest BCUT2D eigenvalue weighted by atomic mass is 16.3. The Kier molecular flexibility index (Phi) is 4.66. The van der Waals surface area contributed by atoms with E-state index >= 15 is 0 Å². The number of aliphatic hydroxyl groups is 1. The zero-order valence-electron chi connectivity index (χ0n) is 9.64. The minimum absolute atomic E-state index is 0.0283. The minimum atomic E-state index is -0.497. The molecule has 0 aromatic heterocycles. The zero-order chi connectivity index (χ0) is 12.8. The van der Waals surface area contributed by atoms with Gasteiger partial charge >= 0.3 is 0 Å². The predicted octanol–water partition coefficient (Wildman–Crippen LogP) is 0.629. The van der Waals surface area contributed by atoms with Gasteiger partial charge in [-0.2, -0.15) is 0 Å². The van der Waals surface area contributed by atoms with Crippen molar-refractivity contribution < 1.29 is 14.7 Å². The fraction of sp³-hybridized carbons (Fsp3) is 0.333. The second kappa shape index (κ2) is 6.00. The van der Waals surface area contributed by atoms with Crippen LogP contribution >= 0.6 is 0 Å². The van der Waals surface area contributed by atoms with E-state index in [4.69, 9.17) is 10.8 Å². The van der Waals surface area contributed by atoms with Gasteiger partial charge in [-0.15, -0.1) is 0 Å². The first-order chi connectivity index (χ1) is 8.02. The average Bonchev–Trinajstić information content (AvgIpc) is 2.29. The third-order valence-electron chi connectivity index (χ3n) is 2.36. The van der Waals surface area contributed by atoms with E-state index in [-0.39, 0.29) is 18.9 Å². The maximum Gasteiger partial charge on any atom is 0.227 e. The number of hydrogen-bond donors (Lipinski definition) is 3. The Morgan fingerprint density at radius 3 is 2.41 bits per heavy atom. The lowest BCUT2D eigenvalue weighted by Gasteiger charge is -2.10. The highest BCUT2D eigenvalue weighted by molar-refractivity contribution is 5.94. The normalized spacial score (nSPS) is 11.9. The lowest BCUT2D eigenvalue weighted by molar-refractivity contribution is -0.125. The molecule has 0 saturated heterocycles. The molecule has 2 amide bonds. The molecule has 5 heteroatoms. The van der Waals surface area contributed by atoms with E-state index in [1.54, 1.807) is 31.2 Å². The summed E-state index contributed by atoms with van der Waals surface area (Å²) in [6.45, 7) is 1.61. The van der Waals surface area contributed by atoms with Gasteiger partial charge in [0.05, 0.1) is 6.61 Å². The van der Waals surface area contributed by atoms with Crippen LogP contribution < -0.4 is 11.1 Å². The SMILES string of the molecule is C[C@@H](CC(N)=O)C(=O)Nc1ccc(CO)cc1. The van der Waals surface area contributed by atoms with Crippen LogP contribution in [0.25, 0.3) is 0 Å². The molecule has 1 aromatic carbocycles.